The molecule has 194 valence electrons. The van der Waals surface area contributed by atoms with Crippen LogP contribution in [-0.4, -0.2) is 57.3 Å². The molecule has 36 heavy (non-hydrogen) atoms. The molecule has 1 aliphatic carbocycles. The van der Waals surface area contributed by atoms with E-state index in [1.807, 2.05) is 31.2 Å². The van der Waals surface area contributed by atoms with Gasteiger partial charge in [0.2, 0.25) is 5.91 Å². The van der Waals surface area contributed by atoms with Crippen molar-refractivity contribution in [1.82, 2.24) is 20.0 Å². The maximum absolute atomic E-state index is 13.8. The molecule has 2 aromatic rings. The van der Waals surface area contributed by atoms with Crippen LogP contribution < -0.4 is 10.1 Å². The number of hydrogen-bond acceptors (Lipinski definition) is 6. The molecular formula is C27H36N4O5. The molecule has 0 radical (unpaired) electrons. The van der Waals surface area contributed by atoms with Crippen molar-refractivity contribution in [3.05, 3.63) is 47.3 Å². The van der Waals surface area contributed by atoms with Crippen LogP contribution in [0.2, 0.25) is 0 Å². The molecule has 2 heterocycles. The molecule has 0 bridgehead atoms. The summed E-state index contributed by atoms with van der Waals surface area (Å²) in [4.78, 5) is 41.4. The molecule has 1 aliphatic heterocycles. The van der Waals surface area contributed by atoms with Gasteiger partial charge in [-0.3, -0.25) is 14.3 Å². The van der Waals surface area contributed by atoms with E-state index in [2.05, 4.69) is 10.4 Å². The number of hydrogen-bond donors (Lipinski definition) is 1. The first kappa shape index (κ1) is 25.7. The Morgan fingerprint density at radius 3 is 2.42 bits per heavy atom. The minimum atomic E-state index is -1.19. The van der Waals surface area contributed by atoms with Gasteiger partial charge < -0.3 is 19.7 Å². The molecule has 4 rings (SSSR count). The second-order valence-corrected chi connectivity index (χ2v) is 9.70. The van der Waals surface area contributed by atoms with Crippen LogP contribution in [0.15, 0.2) is 30.3 Å². The molecule has 1 fully saturated rings. The van der Waals surface area contributed by atoms with Gasteiger partial charge in [0.15, 0.2) is 5.69 Å². The van der Waals surface area contributed by atoms with Crippen LogP contribution in [0.3, 0.4) is 0 Å². The predicted octanol–water partition coefficient (Wildman–Crippen LogP) is 3.71. The van der Waals surface area contributed by atoms with Gasteiger partial charge >= 0.3 is 5.97 Å². The van der Waals surface area contributed by atoms with Gasteiger partial charge in [0, 0.05) is 18.7 Å². The summed E-state index contributed by atoms with van der Waals surface area (Å²) in [6.07, 6.45) is 6.41. The van der Waals surface area contributed by atoms with Crippen molar-refractivity contribution in [2.24, 2.45) is 0 Å². The minimum absolute atomic E-state index is 0.0645. The lowest BCUT2D eigenvalue weighted by Gasteiger charge is -2.44. The fraction of sp³-hybridized carbons (Fsp3) is 0.556. The van der Waals surface area contributed by atoms with Crippen LogP contribution in [0, 0.1) is 0 Å². The molecule has 1 saturated carbocycles. The summed E-state index contributed by atoms with van der Waals surface area (Å²) in [5.74, 6) is -0.392. The van der Waals surface area contributed by atoms with E-state index >= 15 is 0 Å². The Hall–Kier alpha value is -3.36. The third-order valence-corrected chi connectivity index (χ3v) is 7.04. The summed E-state index contributed by atoms with van der Waals surface area (Å²) in [5, 5.41) is 7.56. The van der Waals surface area contributed by atoms with Gasteiger partial charge in [-0.1, -0.05) is 37.8 Å². The zero-order valence-corrected chi connectivity index (χ0v) is 21.4. The first-order chi connectivity index (χ1) is 17.4. The fourth-order valence-corrected chi connectivity index (χ4v) is 5.00. The Morgan fingerprint density at radius 1 is 1.08 bits per heavy atom. The zero-order valence-electron chi connectivity index (χ0n) is 21.4. The molecule has 1 aromatic carbocycles. The Labute approximate surface area is 212 Å². The molecular weight excluding hydrogens is 460 g/mol. The molecule has 0 saturated heterocycles. The summed E-state index contributed by atoms with van der Waals surface area (Å²) in [7, 11) is 0. The monoisotopic (exact) mass is 496 g/mol. The highest BCUT2D eigenvalue weighted by Gasteiger charge is 2.48. The van der Waals surface area contributed by atoms with E-state index in [0.717, 1.165) is 37.0 Å². The van der Waals surface area contributed by atoms with E-state index in [1.165, 1.54) is 23.6 Å². The zero-order chi connectivity index (χ0) is 25.7. The molecule has 1 aromatic heterocycles. The van der Waals surface area contributed by atoms with Gasteiger partial charge in [0.1, 0.15) is 17.0 Å². The molecule has 1 N–H and O–H groups in total. The highest BCUT2D eigenvalue weighted by Crippen LogP contribution is 2.31. The van der Waals surface area contributed by atoms with Gasteiger partial charge in [-0.15, -0.1) is 0 Å². The summed E-state index contributed by atoms with van der Waals surface area (Å²) < 4.78 is 12.1. The van der Waals surface area contributed by atoms with Crippen molar-refractivity contribution in [2.75, 3.05) is 13.2 Å². The lowest BCUT2D eigenvalue weighted by atomic mass is 9.93. The standard InChI is InChI=1S/C27H36N4O5/c1-4-35-21-14-12-19(13-15-21)17-30-24(32)23-16-22(25(33)36-5-2)29-31(23)18-27(30,3)26(34)28-20-10-8-6-7-9-11-20/h12-16,20H,4-11,17-18H2,1-3H3,(H,28,34)/t27-/m1/s1. The van der Waals surface area contributed by atoms with Crippen molar-refractivity contribution in [2.45, 2.75) is 84.0 Å². The van der Waals surface area contributed by atoms with Crippen molar-refractivity contribution in [3.63, 3.8) is 0 Å². The third-order valence-electron chi connectivity index (χ3n) is 7.04. The summed E-state index contributed by atoms with van der Waals surface area (Å²) >= 11 is 0. The van der Waals surface area contributed by atoms with Crippen molar-refractivity contribution < 1.29 is 23.9 Å². The van der Waals surface area contributed by atoms with Crippen LogP contribution in [0.5, 0.6) is 5.75 Å². The molecule has 9 nitrogen and oxygen atoms in total. The van der Waals surface area contributed by atoms with Gasteiger partial charge in [0.25, 0.3) is 5.91 Å². The minimum Gasteiger partial charge on any atom is -0.494 e. The maximum atomic E-state index is 13.8. The number of rotatable bonds is 8. The third kappa shape index (κ3) is 5.39. The quantitative estimate of drug-likeness (QED) is 0.442. The number of esters is 1. The highest BCUT2D eigenvalue weighted by molar-refractivity contribution is 6.01. The number of nitrogens with zero attached hydrogens (tertiary/aromatic N) is 3. The first-order valence-corrected chi connectivity index (χ1v) is 13.0. The van der Waals surface area contributed by atoms with Gasteiger partial charge in [-0.05, 0) is 51.3 Å². The summed E-state index contributed by atoms with van der Waals surface area (Å²) in [5.41, 5.74) is 0.0182. The topological polar surface area (TPSA) is 103 Å². The van der Waals surface area contributed by atoms with E-state index in [-0.39, 0.29) is 48.9 Å². The number of aromatic nitrogens is 2. The molecule has 0 unspecified atom stereocenters. The Kier molecular flexibility index (Phi) is 7.96. The smallest absolute Gasteiger partial charge is 0.358 e. The molecule has 2 aliphatic rings. The average Bonchev–Trinajstić information content (AvgIpc) is 3.12. The van der Waals surface area contributed by atoms with Gasteiger partial charge in [-0.25, -0.2) is 4.79 Å². The number of carbonyl (C=O) groups is 3. The number of amides is 2. The second-order valence-electron chi connectivity index (χ2n) is 9.70. The maximum Gasteiger partial charge on any atom is 0.358 e. The largest absolute Gasteiger partial charge is 0.494 e. The molecule has 0 spiro atoms. The van der Waals surface area contributed by atoms with Crippen LogP contribution in [-0.2, 0) is 22.6 Å². The highest BCUT2D eigenvalue weighted by atomic mass is 16.5. The van der Waals surface area contributed by atoms with Crippen LogP contribution >= 0.6 is 0 Å². The Morgan fingerprint density at radius 2 is 1.78 bits per heavy atom. The lowest BCUT2D eigenvalue weighted by Crippen LogP contribution is -2.64. The number of fused-ring (bicyclic) bond motifs is 1. The number of nitrogens with one attached hydrogen (secondary N) is 1. The van der Waals surface area contributed by atoms with Crippen molar-refractivity contribution in [3.8, 4) is 5.75 Å². The number of ether oxygens (including phenoxy) is 2. The lowest BCUT2D eigenvalue weighted by molar-refractivity contribution is -0.134. The summed E-state index contributed by atoms with van der Waals surface area (Å²) in [6, 6.07) is 9.07. The summed E-state index contributed by atoms with van der Waals surface area (Å²) in [6.45, 7) is 6.57. The Balaban J connectivity index is 1.65. The van der Waals surface area contributed by atoms with Crippen molar-refractivity contribution in [1.29, 1.82) is 0 Å². The second kappa shape index (κ2) is 11.1. The van der Waals surface area contributed by atoms with Crippen LogP contribution in [0.1, 0.15) is 85.8 Å². The van der Waals surface area contributed by atoms with E-state index in [1.54, 1.807) is 18.7 Å². The SMILES string of the molecule is CCOC(=O)c1cc2n(n1)C[C@](C)(C(=O)NC1CCCCCC1)N(Cc1ccc(OCC)cc1)C2=O. The van der Waals surface area contributed by atoms with E-state index in [0.29, 0.717) is 6.61 Å². The van der Waals surface area contributed by atoms with Gasteiger partial charge in [0.05, 0.1) is 19.8 Å². The van der Waals surface area contributed by atoms with E-state index in [9.17, 15) is 14.4 Å². The van der Waals surface area contributed by atoms with E-state index in [4.69, 9.17) is 9.47 Å². The first-order valence-electron chi connectivity index (χ1n) is 13.0. The van der Waals surface area contributed by atoms with Gasteiger partial charge in [-0.2, -0.15) is 5.10 Å². The van der Waals surface area contributed by atoms with E-state index < -0.39 is 11.5 Å². The Bertz CT molecular complexity index is 1090. The number of benzene rings is 1. The van der Waals surface area contributed by atoms with Crippen molar-refractivity contribution >= 4 is 17.8 Å². The fourth-order valence-electron chi connectivity index (χ4n) is 5.00. The molecule has 2 amide bonds. The van der Waals surface area contributed by atoms with Crippen LogP contribution in [0.25, 0.3) is 0 Å². The average molecular weight is 497 g/mol. The number of carbonyl (C=O) groups excluding carboxylic acids is 3. The predicted molar refractivity (Wildman–Crippen MR) is 134 cm³/mol. The molecule has 9 heteroatoms. The van der Waals surface area contributed by atoms with Crippen LogP contribution in [0.4, 0.5) is 0 Å². The normalized spacial score (nSPS) is 20.4. The molecule has 1 atom stereocenters.